The SMILES string of the molecule is CC1(C)c2cc(-c3ccccc3)ccc2-c2c(-c3cc4cc(-c5cc(-c6ccccc6)cc6c5-c5ccc(-c7ccccc7)cc5C6(C)C)cc5c6cc(-c7cc(-c8ccccc8)cc8c7-c7ccc(-c9ccccc9)cc7C8(C)C)cc7cc(-c8cc(-c9ccccc9)cc9c8-c8ccc(-c%10ccccc%10)cc8C9(C)C)cc(c(c3)c45)c76)cc(-c3ccccc3)cc21. The van der Waals surface area contributed by atoms with Crippen LogP contribution >= 0.6 is 0 Å². The third-order valence-corrected chi connectivity index (χ3v) is 29.9. The van der Waals surface area contributed by atoms with Gasteiger partial charge in [0.25, 0.3) is 0 Å². The third-order valence-electron chi connectivity index (χ3n) is 29.9. The van der Waals surface area contributed by atoms with Crippen molar-refractivity contribution in [2.24, 2.45) is 0 Å². The van der Waals surface area contributed by atoms with Crippen molar-refractivity contribution in [1.82, 2.24) is 0 Å². The van der Waals surface area contributed by atoms with Crippen LogP contribution in [-0.4, -0.2) is 0 Å². The number of fused-ring (bicyclic) bond motifs is 14. The summed E-state index contributed by atoms with van der Waals surface area (Å²) in [5.74, 6) is 0. The maximum absolute atomic E-state index is 2.64. The zero-order chi connectivity index (χ0) is 85.8. The van der Waals surface area contributed by atoms with Gasteiger partial charge in [-0.25, -0.2) is 0 Å². The minimum absolute atomic E-state index is 0.359. The Morgan fingerprint density at radius 3 is 0.484 bits per heavy atom. The molecule has 4 aliphatic carbocycles. The van der Waals surface area contributed by atoms with Crippen LogP contribution < -0.4 is 0 Å². The first-order valence-corrected chi connectivity index (χ1v) is 45.5. The molecule has 0 N–H and O–H groups in total. The summed E-state index contributed by atoms with van der Waals surface area (Å²) in [7, 11) is 0. The first-order valence-electron chi connectivity index (χ1n) is 45.5. The Labute approximate surface area is 749 Å². The highest BCUT2D eigenvalue weighted by molar-refractivity contribution is 6.36. The smallest absolute Gasteiger partial charge is 0.0159 e. The molecular weight excluding hydrogens is 1540 g/mol. The van der Waals surface area contributed by atoms with Gasteiger partial charge in [0.1, 0.15) is 0 Å². The van der Waals surface area contributed by atoms with Crippen LogP contribution in [0.2, 0.25) is 0 Å². The van der Waals surface area contributed by atoms with Crippen LogP contribution in [0.5, 0.6) is 0 Å². The van der Waals surface area contributed by atoms with E-state index in [-0.39, 0.29) is 21.7 Å². The van der Waals surface area contributed by atoms with Crippen molar-refractivity contribution in [2.45, 2.75) is 77.0 Å². The second kappa shape index (κ2) is 28.2. The first-order chi connectivity index (χ1) is 62.4. The summed E-state index contributed by atoms with van der Waals surface area (Å²) in [5.41, 5.74) is 48.6. The molecule has 21 aromatic carbocycles. The zero-order valence-electron chi connectivity index (χ0n) is 73.3. The lowest BCUT2D eigenvalue weighted by Crippen LogP contribution is -2.15. The highest BCUT2D eigenvalue weighted by Crippen LogP contribution is 2.62. The lowest BCUT2D eigenvalue weighted by molar-refractivity contribution is 0.661. The van der Waals surface area contributed by atoms with Gasteiger partial charge in [0.2, 0.25) is 0 Å². The van der Waals surface area contributed by atoms with E-state index < -0.39 is 0 Å². The lowest BCUT2D eigenvalue weighted by atomic mass is 9.78. The molecule has 604 valence electrons. The van der Waals surface area contributed by atoms with Gasteiger partial charge in [0.05, 0.1) is 0 Å². The van der Waals surface area contributed by atoms with Crippen LogP contribution in [-0.2, 0) is 21.7 Å². The van der Waals surface area contributed by atoms with Crippen LogP contribution in [0.1, 0.15) is 99.9 Å². The molecule has 0 aromatic heterocycles. The van der Waals surface area contributed by atoms with Gasteiger partial charge in [-0.1, -0.05) is 347 Å². The Kier molecular flexibility index (Phi) is 16.6. The summed E-state index contributed by atoms with van der Waals surface area (Å²) in [6.45, 7) is 19.7. The van der Waals surface area contributed by atoms with Crippen molar-refractivity contribution >= 4 is 43.1 Å². The normalized spacial score (nSPS) is 14.2. The zero-order valence-corrected chi connectivity index (χ0v) is 73.3. The third kappa shape index (κ3) is 11.5. The predicted octanol–water partition coefficient (Wildman–Crippen LogP) is 35.0. The standard InChI is InChI=1S/C128H92/c1-125(2)111-69-85(77-33-17-9-18-34-77)49-53-99(111)121-103(61-89(73-115(121)125)81-41-25-13-26-42-81)93-57-97-58-94(104-62-90(82-43-27-14-28-44-82)74-116-122(104)100-54-50-86(70-112(100)126(116,3)4)78-35-19-10-20-36-78)67-109-110-68-96(106-64-92(84-47-31-16-32-48-84)76-118-124(106)102-56-52-88(72-114(102)128(118,7)8)80-39-23-12-24-40-80)60-98-59-95(66-108(120(98)110)107(65-93)119(97)109)105-63-91(83-45-29-15-30-46-83)75-117-123(105)101-55-51-87(71-113(101)127(117,5)6)79-37-21-11-22-38-79/h9-76H,1-8H3. The second-order valence-electron chi connectivity index (χ2n) is 38.5. The minimum Gasteiger partial charge on any atom is -0.0622 e. The fraction of sp³-hybridized carbons (Fsp3) is 0.0938. The molecule has 0 heterocycles. The molecular formula is C128H92. The van der Waals surface area contributed by atoms with E-state index in [1.54, 1.807) is 0 Å². The van der Waals surface area contributed by atoms with Gasteiger partial charge >= 0.3 is 0 Å². The summed E-state index contributed by atoms with van der Waals surface area (Å²) in [6, 6.07) is 159. The molecule has 25 rings (SSSR count). The fourth-order valence-electron chi connectivity index (χ4n) is 23.2. The van der Waals surface area contributed by atoms with Gasteiger partial charge in [-0.3, -0.25) is 0 Å². The van der Waals surface area contributed by atoms with Crippen molar-refractivity contribution in [3.8, 4) is 178 Å². The summed E-state index contributed by atoms with van der Waals surface area (Å²) >= 11 is 0. The van der Waals surface area contributed by atoms with E-state index in [1.807, 2.05) is 0 Å². The highest BCUT2D eigenvalue weighted by atomic mass is 14.5. The summed E-state index contributed by atoms with van der Waals surface area (Å²) in [4.78, 5) is 0. The Balaban J connectivity index is 0.842. The van der Waals surface area contributed by atoms with E-state index in [2.05, 4.69) is 468 Å². The molecule has 21 aromatic rings. The van der Waals surface area contributed by atoms with Gasteiger partial charge < -0.3 is 0 Å². The molecule has 4 aliphatic rings. The van der Waals surface area contributed by atoms with Crippen molar-refractivity contribution in [1.29, 1.82) is 0 Å². The molecule has 0 atom stereocenters. The number of hydrogen-bond donors (Lipinski definition) is 0. The van der Waals surface area contributed by atoms with Gasteiger partial charge in [0, 0.05) is 21.7 Å². The molecule has 0 fully saturated rings. The summed E-state index contributed by atoms with van der Waals surface area (Å²) < 4.78 is 0. The molecule has 128 heavy (non-hydrogen) atoms. The Morgan fingerprint density at radius 1 is 0.125 bits per heavy atom. The van der Waals surface area contributed by atoms with E-state index in [0.717, 1.165) is 0 Å². The molecule has 0 saturated carbocycles. The van der Waals surface area contributed by atoms with E-state index in [0.29, 0.717) is 0 Å². The molecule has 0 unspecified atom stereocenters. The number of benzene rings is 21. The second-order valence-corrected chi connectivity index (χ2v) is 38.5. The first kappa shape index (κ1) is 75.4. The monoisotopic (exact) mass is 1630 g/mol. The van der Waals surface area contributed by atoms with Crippen molar-refractivity contribution in [2.75, 3.05) is 0 Å². The Morgan fingerprint density at radius 2 is 0.297 bits per heavy atom. The van der Waals surface area contributed by atoms with Crippen molar-refractivity contribution in [3.05, 3.63) is 457 Å². The van der Waals surface area contributed by atoms with Crippen LogP contribution in [0.25, 0.3) is 221 Å². The average Bonchev–Trinajstić information content (AvgIpc) is 1.42. The molecule has 0 bridgehead atoms. The van der Waals surface area contributed by atoms with Crippen LogP contribution in [0.4, 0.5) is 0 Å². The van der Waals surface area contributed by atoms with Crippen LogP contribution in [0.3, 0.4) is 0 Å². The molecule has 0 heteroatoms. The molecule has 0 nitrogen and oxygen atoms in total. The predicted molar refractivity (Wildman–Crippen MR) is 543 cm³/mol. The van der Waals surface area contributed by atoms with E-state index in [9.17, 15) is 0 Å². The maximum atomic E-state index is 2.64. The minimum atomic E-state index is -0.359. The maximum Gasteiger partial charge on any atom is 0.0159 e. The largest absolute Gasteiger partial charge is 0.0622 e. The summed E-state index contributed by atoms with van der Waals surface area (Å²) in [6.07, 6.45) is 0. The number of rotatable bonds is 12. The van der Waals surface area contributed by atoms with Gasteiger partial charge in [0.15, 0.2) is 0 Å². The highest BCUT2D eigenvalue weighted by Gasteiger charge is 2.44. The molecule has 0 radical (unpaired) electrons. The van der Waals surface area contributed by atoms with Gasteiger partial charge in [-0.2, -0.15) is 0 Å². The van der Waals surface area contributed by atoms with Crippen molar-refractivity contribution in [3.63, 3.8) is 0 Å². The molecule has 0 saturated heterocycles. The Hall–Kier alpha value is -15.1. The van der Waals surface area contributed by atoms with Gasteiger partial charge in [-0.15, -0.1) is 0 Å². The molecule has 0 amide bonds. The summed E-state index contributed by atoms with van der Waals surface area (Å²) in [5, 5.41) is 9.80. The molecule has 0 aliphatic heterocycles. The van der Waals surface area contributed by atoms with Crippen molar-refractivity contribution < 1.29 is 0 Å². The fourth-order valence-corrected chi connectivity index (χ4v) is 23.2. The average molecular weight is 1630 g/mol. The van der Waals surface area contributed by atoms with E-state index >= 15 is 0 Å². The van der Waals surface area contributed by atoms with Gasteiger partial charge in [-0.05, 0) is 387 Å². The quantitative estimate of drug-likeness (QED) is 0.0845. The molecule has 0 spiro atoms. The lowest BCUT2D eigenvalue weighted by Gasteiger charge is -2.25. The van der Waals surface area contributed by atoms with E-state index in [4.69, 9.17) is 0 Å². The topological polar surface area (TPSA) is 0 Å². The van der Waals surface area contributed by atoms with Crippen LogP contribution in [0, 0.1) is 0 Å². The van der Waals surface area contributed by atoms with Crippen LogP contribution in [0.15, 0.2) is 413 Å². The van der Waals surface area contributed by atoms with E-state index in [1.165, 1.54) is 266 Å². The Bertz CT molecular complexity index is 7230. The number of hydrogen-bond acceptors (Lipinski definition) is 0.